The van der Waals surface area contributed by atoms with E-state index in [2.05, 4.69) is 18.8 Å². The smallest absolute Gasteiger partial charge is 0.308 e. The molecule has 1 aromatic heterocycles. The Morgan fingerprint density at radius 2 is 1.85 bits per heavy atom. The molecule has 5 nitrogen and oxygen atoms in total. The maximum absolute atomic E-state index is 12.4. The van der Waals surface area contributed by atoms with E-state index in [-0.39, 0.29) is 12.5 Å². The number of aromatic nitrogens is 1. The van der Waals surface area contributed by atoms with Crippen molar-refractivity contribution in [3.63, 3.8) is 0 Å². The van der Waals surface area contributed by atoms with Gasteiger partial charge in [-0.1, -0.05) is 20.8 Å². The lowest BCUT2D eigenvalue weighted by Gasteiger charge is -2.25. The summed E-state index contributed by atoms with van der Waals surface area (Å²) in [7, 11) is 0. The summed E-state index contributed by atoms with van der Waals surface area (Å²) in [5.74, 6) is -1.14. The van der Waals surface area contributed by atoms with Gasteiger partial charge in [0.25, 0.3) is 5.91 Å². The zero-order chi connectivity index (χ0) is 15.1. The van der Waals surface area contributed by atoms with Crippen molar-refractivity contribution in [1.82, 2.24) is 9.88 Å². The van der Waals surface area contributed by atoms with Crippen LogP contribution in [0.15, 0.2) is 24.5 Å². The van der Waals surface area contributed by atoms with E-state index in [1.54, 1.807) is 36.4 Å². The minimum absolute atomic E-state index is 0.138. The molecule has 1 heterocycles. The van der Waals surface area contributed by atoms with Crippen LogP contribution in [-0.2, 0) is 4.79 Å². The Hall–Kier alpha value is -1.91. The fraction of sp³-hybridized carbons (Fsp3) is 0.533. The highest BCUT2D eigenvalue weighted by molar-refractivity contribution is 5.94. The van der Waals surface area contributed by atoms with Crippen LogP contribution in [0.25, 0.3) is 0 Å². The van der Waals surface area contributed by atoms with Crippen molar-refractivity contribution in [3.8, 4) is 0 Å². The molecule has 0 radical (unpaired) electrons. The zero-order valence-electron chi connectivity index (χ0n) is 12.2. The molecule has 1 N–H and O–H groups in total. The van der Waals surface area contributed by atoms with Gasteiger partial charge in [-0.2, -0.15) is 0 Å². The normalized spacial score (nSPS) is 12.2. The number of carbonyl (C=O) groups excluding carboxylic acids is 1. The van der Waals surface area contributed by atoms with Crippen molar-refractivity contribution < 1.29 is 14.7 Å². The van der Waals surface area contributed by atoms with E-state index < -0.39 is 11.9 Å². The molecular formula is C15H22N2O3. The van der Waals surface area contributed by atoms with Gasteiger partial charge in [0.2, 0.25) is 0 Å². The predicted octanol–water partition coefficient (Wildman–Crippen LogP) is 2.29. The van der Waals surface area contributed by atoms with Gasteiger partial charge in [0.15, 0.2) is 0 Å². The first-order valence-corrected chi connectivity index (χ1v) is 6.84. The fourth-order valence-electron chi connectivity index (χ4n) is 1.78. The Kier molecular flexibility index (Phi) is 6.15. The standard InChI is InChI=1S/C15H22N2O3/c1-11(2)6-9-17(10-12(3)15(19)20)14(18)13-4-7-16-8-5-13/h4-5,7-8,11-12H,6,9-10H2,1-3H3,(H,19,20). The number of pyridine rings is 1. The molecule has 110 valence electrons. The van der Waals surface area contributed by atoms with Gasteiger partial charge in [0.1, 0.15) is 0 Å². The van der Waals surface area contributed by atoms with Crippen LogP contribution in [0.1, 0.15) is 37.6 Å². The summed E-state index contributed by atoms with van der Waals surface area (Å²) in [6, 6.07) is 3.30. The summed E-state index contributed by atoms with van der Waals surface area (Å²) >= 11 is 0. The Labute approximate surface area is 119 Å². The van der Waals surface area contributed by atoms with Crippen molar-refractivity contribution in [2.45, 2.75) is 27.2 Å². The van der Waals surface area contributed by atoms with Gasteiger partial charge in [-0.3, -0.25) is 14.6 Å². The molecule has 1 unspecified atom stereocenters. The number of rotatable bonds is 7. The molecule has 1 rings (SSSR count). The zero-order valence-corrected chi connectivity index (χ0v) is 12.2. The van der Waals surface area contributed by atoms with Crippen LogP contribution >= 0.6 is 0 Å². The highest BCUT2D eigenvalue weighted by Gasteiger charge is 2.21. The number of carboxylic acid groups (broad SMARTS) is 1. The van der Waals surface area contributed by atoms with E-state index in [0.717, 1.165) is 6.42 Å². The van der Waals surface area contributed by atoms with Crippen LogP contribution in [0.4, 0.5) is 0 Å². The van der Waals surface area contributed by atoms with E-state index in [1.165, 1.54) is 0 Å². The summed E-state index contributed by atoms with van der Waals surface area (Å²) in [6.07, 6.45) is 3.98. The van der Waals surface area contributed by atoms with Crippen molar-refractivity contribution in [2.75, 3.05) is 13.1 Å². The number of hydrogen-bond acceptors (Lipinski definition) is 3. The van der Waals surface area contributed by atoms with Crippen LogP contribution in [0.5, 0.6) is 0 Å². The van der Waals surface area contributed by atoms with Crippen molar-refractivity contribution in [3.05, 3.63) is 30.1 Å². The molecule has 0 spiro atoms. The van der Waals surface area contributed by atoms with Gasteiger partial charge in [-0.05, 0) is 24.5 Å². The first-order valence-electron chi connectivity index (χ1n) is 6.84. The number of hydrogen-bond donors (Lipinski definition) is 1. The highest BCUT2D eigenvalue weighted by atomic mass is 16.4. The summed E-state index contributed by atoms with van der Waals surface area (Å²) in [5.41, 5.74) is 0.543. The summed E-state index contributed by atoms with van der Waals surface area (Å²) in [4.78, 5) is 28.9. The summed E-state index contributed by atoms with van der Waals surface area (Å²) in [5, 5.41) is 9.01. The van der Waals surface area contributed by atoms with Crippen LogP contribution < -0.4 is 0 Å². The number of amides is 1. The summed E-state index contributed by atoms with van der Waals surface area (Å²) in [6.45, 7) is 6.57. The SMILES string of the molecule is CC(C)CCN(CC(C)C(=O)O)C(=O)c1ccncc1. The molecule has 0 bridgehead atoms. The van der Waals surface area contributed by atoms with Gasteiger partial charge < -0.3 is 10.0 Å². The van der Waals surface area contributed by atoms with Crippen molar-refractivity contribution in [1.29, 1.82) is 0 Å². The number of carbonyl (C=O) groups is 2. The molecule has 0 aliphatic rings. The third-order valence-corrected chi connectivity index (χ3v) is 3.11. The minimum Gasteiger partial charge on any atom is -0.481 e. The first kappa shape index (κ1) is 16.1. The molecule has 1 aromatic rings. The van der Waals surface area contributed by atoms with E-state index in [9.17, 15) is 9.59 Å². The molecule has 1 amide bonds. The molecule has 5 heteroatoms. The van der Waals surface area contributed by atoms with Crippen molar-refractivity contribution in [2.24, 2.45) is 11.8 Å². The highest BCUT2D eigenvalue weighted by Crippen LogP contribution is 2.10. The van der Waals surface area contributed by atoms with Gasteiger partial charge in [0.05, 0.1) is 5.92 Å². The lowest BCUT2D eigenvalue weighted by Crippen LogP contribution is -2.38. The topological polar surface area (TPSA) is 70.5 Å². The average molecular weight is 278 g/mol. The molecule has 1 atom stereocenters. The quantitative estimate of drug-likeness (QED) is 0.830. The Balaban J connectivity index is 2.80. The lowest BCUT2D eigenvalue weighted by atomic mass is 10.1. The number of carboxylic acids is 1. The molecule has 0 aliphatic heterocycles. The molecule has 0 fully saturated rings. The Morgan fingerprint density at radius 3 is 2.35 bits per heavy atom. The van der Waals surface area contributed by atoms with E-state index >= 15 is 0 Å². The maximum Gasteiger partial charge on any atom is 0.308 e. The molecule has 20 heavy (non-hydrogen) atoms. The van der Waals surface area contributed by atoms with Gasteiger partial charge in [-0.25, -0.2) is 0 Å². The third-order valence-electron chi connectivity index (χ3n) is 3.11. The minimum atomic E-state index is -0.887. The second kappa shape index (κ2) is 7.62. The number of aliphatic carboxylic acids is 1. The first-order chi connectivity index (χ1) is 9.41. The third kappa shape index (κ3) is 4.99. The molecule has 0 saturated heterocycles. The van der Waals surface area contributed by atoms with Crippen LogP contribution in [0.3, 0.4) is 0 Å². The Morgan fingerprint density at radius 1 is 1.25 bits per heavy atom. The molecule has 0 saturated carbocycles. The van der Waals surface area contributed by atoms with Crippen LogP contribution in [0.2, 0.25) is 0 Å². The van der Waals surface area contributed by atoms with Gasteiger partial charge >= 0.3 is 5.97 Å². The molecule has 0 aliphatic carbocycles. The van der Waals surface area contributed by atoms with E-state index in [0.29, 0.717) is 18.0 Å². The van der Waals surface area contributed by atoms with Crippen LogP contribution in [-0.4, -0.2) is 40.0 Å². The van der Waals surface area contributed by atoms with Crippen molar-refractivity contribution >= 4 is 11.9 Å². The predicted molar refractivity (Wildman–Crippen MR) is 76.4 cm³/mol. The lowest BCUT2D eigenvalue weighted by molar-refractivity contribution is -0.141. The second-order valence-electron chi connectivity index (χ2n) is 5.41. The van der Waals surface area contributed by atoms with Gasteiger partial charge in [-0.15, -0.1) is 0 Å². The molecular weight excluding hydrogens is 256 g/mol. The van der Waals surface area contributed by atoms with Crippen LogP contribution in [0, 0.1) is 11.8 Å². The second-order valence-corrected chi connectivity index (χ2v) is 5.41. The molecule has 0 aromatic carbocycles. The van der Waals surface area contributed by atoms with E-state index in [4.69, 9.17) is 5.11 Å². The van der Waals surface area contributed by atoms with Gasteiger partial charge in [0, 0.05) is 31.0 Å². The average Bonchev–Trinajstić information content (AvgIpc) is 2.43. The number of nitrogens with zero attached hydrogens (tertiary/aromatic N) is 2. The largest absolute Gasteiger partial charge is 0.481 e. The monoisotopic (exact) mass is 278 g/mol. The summed E-state index contributed by atoms with van der Waals surface area (Å²) < 4.78 is 0. The Bertz CT molecular complexity index is 446. The fourth-order valence-corrected chi connectivity index (χ4v) is 1.78. The van der Waals surface area contributed by atoms with E-state index in [1.807, 2.05) is 0 Å². The maximum atomic E-state index is 12.4.